The van der Waals surface area contributed by atoms with Crippen molar-refractivity contribution in [3.8, 4) is 0 Å². The van der Waals surface area contributed by atoms with Crippen molar-refractivity contribution < 1.29 is 17.6 Å². The highest BCUT2D eigenvalue weighted by atomic mass is 79.9. The number of nitrogens with one attached hydrogen (secondary N) is 2. The zero-order valence-electron chi connectivity index (χ0n) is 13.8. The van der Waals surface area contributed by atoms with E-state index in [1.807, 2.05) is 0 Å². The van der Waals surface area contributed by atoms with Gasteiger partial charge < -0.3 is 5.32 Å². The minimum atomic E-state index is -3.69. The quantitative estimate of drug-likeness (QED) is 0.563. The third-order valence-electron chi connectivity index (χ3n) is 3.51. The van der Waals surface area contributed by atoms with Gasteiger partial charge in [0.25, 0.3) is 15.9 Å². The molecule has 1 amide bonds. The Morgan fingerprint density at radius 3 is 2.63 bits per heavy atom. The van der Waals surface area contributed by atoms with E-state index in [9.17, 15) is 17.6 Å². The smallest absolute Gasteiger partial charge is 0.271 e. The molecule has 0 aliphatic rings. The molecule has 3 rings (SSSR count). The predicted molar refractivity (Wildman–Crippen MR) is 107 cm³/mol. The van der Waals surface area contributed by atoms with Crippen LogP contribution in [0.1, 0.15) is 15.9 Å². The van der Waals surface area contributed by atoms with Crippen molar-refractivity contribution in [2.24, 2.45) is 0 Å². The molecule has 0 saturated carbocycles. The molecule has 0 saturated heterocycles. The number of carbonyl (C=O) groups excluding carboxylic acids is 1. The molecule has 0 aliphatic heterocycles. The first-order chi connectivity index (χ1) is 12.8. The maximum atomic E-state index is 13.4. The van der Waals surface area contributed by atoms with Gasteiger partial charge in [0, 0.05) is 22.3 Å². The number of amides is 1. The lowest BCUT2D eigenvalue weighted by atomic mass is 10.1. The second-order valence-electron chi connectivity index (χ2n) is 5.58. The zero-order valence-corrected chi connectivity index (χ0v) is 17.0. The topological polar surface area (TPSA) is 75.3 Å². The number of hydrogen-bond donors (Lipinski definition) is 2. The van der Waals surface area contributed by atoms with Crippen molar-refractivity contribution in [3.05, 3.63) is 81.4 Å². The molecular weight excluding hydrogens is 455 g/mol. The summed E-state index contributed by atoms with van der Waals surface area (Å²) in [5.74, 6) is -0.800. The average Bonchev–Trinajstić information content (AvgIpc) is 3.14. The van der Waals surface area contributed by atoms with Gasteiger partial charge in [-0.25, -0.2) is 12.8 Å². The lowest BCUT2D eigenvalue weighted by Crippen LogP contribution is -2.23. The summed E-state index contributed by atoms with van der Waals surface area (Å²) in [4.78, 5) is 12.3. The summed E-state index contributed by atoms with van der Waals surface area (Å²) >= 11 is 4.31. The number of benzene rings is 2. The molecule has 0 atom stereocenters. The molecule has 5 nitrogen and oxygen atoms in total. The maximum Gasteiger partial charge on any atom is 0.271 e. The van der Waals surface area contributed by atoms with Gasteiger partial charge in [-0.1, -0.05) is 28.1 Å². The highest BCUT2D eigenvalue weighted by molar-refractivity contribution is 9.10. The van der Waals surface area contributed by atoms with Crippen molar-refractivity contribution in [3.63, 3.8) is 0 Å². The Kier molecular flexibility index (Phi) is 5.93. The number of carbonyl (C=O) groups is 1. The van der Waals surface area contributed by atoms with Crippen LogP contribution in [0.2, 0.25) is 0 Å². The summed E-state index contributed by atoms with van der Waals surface area (Å²) in [6.45, 7) is 0.139. The largest absolute Gasteiger partial charge is 0.348 e. The second-order valence-corrected chi connectivity index (χ2v) is 9.35. The van der Waals surface area contributed by atoms with E-state index >= 15 is 0 Å². The Morgan fingerprint density at radius 2 is 1.93 bits per heavy atom. The van der Waals surface area contributed by atoms with Crippen LogP contribution in [0.3, 0.4) is 0 Å². The predicted octanol–water partition coefficient (Wildman–Crippen LogP) is 4.38. The molecular formula is C18H14BrFN2O3S2. The number of anilines is 1. The van der Waals surface area contributed by atoms with Crippen LogP contribution in [0.5, 0.6) is 0 Å². The van der Waals surface area contributed by atoms with Gasteiger partial charge in [0.1, 0.15) is 10.0 Å². The van der Waals surface area contributed by atoms with E-state index < -0.39 is 21.7 Å². The van der Waals surface area contributed by atoms with Gasteiger partial charge in [0.2, 0.25) is 0 Å². The first-order valence-corrected chi connectivity index (χ1v) is 10.9. The van der Waals surface area contributed by atoms with Gasteiger partial charge >= 0.3 is 0 Å². The van der Waals surface area contributed by atoms with Crippen molar-refractivity contribution in [2.45, 2.75) is 10.8 Å². The molecule has 2 aromatic carbocycles. The van der Waals surface area contributed by atoms with Crippen LogP contribution in [0.25, 0.3) is 0 Å². The van der Waals surface area contributed by atoms with E-state index in [-0.39, 0.29) is 22.0 Å². The molecule has 2 N–H and O–H groups in total. The third kappa shape index (κ3) is 5.15. The van der Waals surface area contributed by atoms with Crippen LogP contribution in [0, 0.1) is 5.82 Å². The van der Waals surface area contributed by atoms with Crippen molar-refractivity contribution in [2.75, 3.05) is 4.72 Å². The van der Waals surface area contributed by atoms with Gasteiger partial charge in [-0.05, 0) is 53.4 Å². The summed E-state index contributed by atoms with van der Waals surface area (Å²) in [7, 11) is -3.69. The SMILES string of the molecule is O=C(NCc1cc(F)cc(Br)c1)c1cccc(NS(=O)(=O)c2cccs2)c1. The summed E-state index contributed by atoms with van der Waals surface area (Å²) in [6, 6.07) is 13.7. The summed E-state index contributed by atoms with van der Waals surface area (Å²) < 4.78 is 41.2. The lowest BCUT2D eigenvalue weighted by Gasteiger charge is -2.09. The standard InChI is InChI=1S/C18H14BrFN2O3S2/c19-14-7-12(8-15(20)10-14)11-21-18(23)13-3-1-4-16(9-13)22-27(24,25)17-5-2-6-26-17/h1-10,22H,11H2,(H,21,23). The molecule has 0 unspecified atom stereocenters. The van der Waals surface area contributed by atoms with Gasteiger partial charge in [0.05, 0.1) is 0 Å². The van der Waals surface area contributed by atoms with E-state index in [1.165, 1.54) is 24.3 Å². The average molecular weight is 469 g/mol. The molecule has 0 spiro atoms. The summed E-state index contributed by atoms with van der Waals surface area (Å²) in [5.41, 5.74) is 1.17. The molecule has 0 bridgehead atoms. The van der Waals surface area contributed by atoms with E-state index in [4.69, 9.17) is 0 Å². The van der Waals surface area contributed by atoms with Gasteiger partial charge in [-0.3, -0.25) is 9.52 Å². The Hall–Kier alpha value is -2.23. The zero-order chi connectivity index (χ0) is 19.4. The maximum absolute atomic E-state index is 13.4. The van der Waals surface area contributed by atoms with E-state index in [0.29, 0.717) is 10.0 Å². The Labute approximate surface area is 168 Å². The number of rotatable bonds is 6. The van der Waals surface area contributed by atoms with Gasteiger partial charge in [-0.15, -0.1) is 11.3 Å². The van der Waals surface area contributed by atoms with Crippen molar-refractivity contribution in [1.29, 1.82) is 0 Å². The normalized spacial score (nSPS) is 11.2. The minimum absolute atomic E-state index is 0.139. The number of hydrogen-bond acceptors (Lipinski definition) is 4. The fourth-order valence-electron chi connectivity index (χ4n) is 2.34. The van der Waals surface area contributed by atoms with E-state index in [0.717, 1.165) is 11.3 Å². The molecule has 1 heterocycles. The van der Waals surface area contributed by atoms with Crippen LogP contribution < -0.4 is 10.0 Å². The highest BCUT2D eigenvalue weighted by Crippen LogP contribution is 2.21. The van der Waals surface area contributed by atoms with E-state index in [1.54, 1.807) is 35.7 Å². The molecule has 27 heavy (non-hydrogen) atoms. The molecule has 1 aromatic heterocycles. The van der Waals surface area contributed by atoms with Crippen LogP contribution in [0.15, 0.2) is 68.7 Å². The van der Waals surface area contributed by atoms with Crippen LogP contribution >= 0.6 is 27.3 Å². The molecule has 0 radical (unpaired) electrons. The minimum Gasteiger partial charge on any atom is -0.348 e. The highest BCUT2D eigenvalue weighted by Gasteiger charge is 2.16. The number of sulfonamides is 1. The summed E-state index contributed by atoms with van der Waals surface area (Å²) in [6.07, 6.45) is 0. The first kappa shape index (κ1) is 19.5. The summed E-state index contributed by atoms with van der Waals surface area (Å²) in [5, 5.41) is 4.36. The Morgan fingerprint density at radius 1 is 1.11 bits per heavy atom. The Balaban J connectivity index is 1.70. The fourth-order valence-corrected chi connectivity index (χ4v) is 4.90. The van der Waals surface area contributed by atoms with Crippen molar-refractivity contribution in [1.82, 2.24) is 5.32 Å². The van der Waals surface area contributed by atoms with Crippen LogP contribution in [-0.4, -0.2) is 14.3 Å². The third-order valence-corrected chi connectivity index (χ3v) is 6.75. The van der Waals surface area contributed by atoms with Gasteiger partial charge in [0.15, 0.2) is 0 Å². The van der Waals surface area contributed by atoms with E-state index in [2.05, 4.69) is 26.0 Å². The molecule has 140 valence electrons. The van der Waals surface area contributed by atoms with Crippen molar-refractivity contribution >= 4 is 48.9 Å². The lowest BCUT2D eigenvalue weighted by molar-refractivity contribution is 0.0951. The molecule has 9 heteroatoms. The fraction of sp³-hybridized carbons (Fsp3) is 0.0556. The van der Waals surface area contributed by atoms with Gasteiger partial charge in [-0.2, -0.15) is 0 Å². The number of halogens is 2. The van der Waals surface area contributed by atoms with Crippen LogP contribution in [-0.2, 0) is 16.6 Å². The number of thiophene rings is 1. The molecule has 0 fully saturated rings. The second kappa shape index (κ2) is 8.20. The molecule has 3 aromatic rings. The van der Waals surface area contributed by atoms with Crippen LogP contribution in [0.4, 0.5) is 10.1 Å². The monoisotopic (exact) mass is 468 g/mol. The Bertz CT molecular complexity index is 1050. The first-order valence-electron chi connectivity index (χ1n) is 7.73. The molecule has 0 aliphatic carbocycles.